The topological polar surface area (TPSA) is 37.7 Å². The van der Waals surface area contributed by atoms with Gasteiger partial charge < -0.3 is 14.2 Å². The van der Waals surface area contributed by atoms with E-state index in [0.29, 0.717) is 24.3 Å². The number of piperidine rings is 1. The minimum absolute atomic E-state index is 0.310. The van der Waals surface area contributed by atoms with Gasteiger partial charge in [0.2, 0.25) is 5.91 Å². The Kier molecular flexibility index (Phi) is 5.48. The zero-order chi connectivity index (χ0) is 18.6. The van der Waals surface area contributed by atoms with Gasteiger partial charge in [-0.2, -0.15) is 0 Å². The second kappa shape index (κ2) is 8.17. The van der Waals surface area contributed by atoms with Gasteiger partial charge >= 0.3 is 0 Å². The van der Waals surface area contributed by atoms with Gasteiger partial charge in [0.05, 0.1) is 7.11 Å². The number of carbonyl (C=O) groups is 1. The molecule has 3 aliphatic rings. The first-order chi connectivity index (χ1) is 13.2. The van der Waals surface area contributed by atoms with Gasteiger partial charge in [0.1, 0.15) is 5.75 Å². The molecule has 2 aromatic rings. The van der Waals surface area contributed by atoms with Crippen LogP contribution in [0.4, 0.5) is 0 Å². The first kappa shape index (κ1) is 18.1. The van der Waals surface area contributed by atoms with Crippen molar-refractivity contribution in [1.82, 2.24) is 14.4 Å². The number of aromatic nitrogens is 1. The standard InChI is InChI=1S/C22H29N3O2/c1-27-21-8-5-18(6-9-21)14-24-15-19-4-7-20(17-24)25(16-19)22(26)10-13-23-11-2-3-12-23/h2-3,5-6,8-9,11-12,19-20H,4,7,10,13-17H2,1H3/t19-,20+/m0/s1. The van der Waals surface area contributed by atoms with E-state index < -0.39 is 0 Å². The van der Waals surface area contributed by atoms with Crippen LogP contribution in [-0.2, 0) is 17.9 Å². The van der Waals surface area contributed by atoms with E-state index in [1.807, 2.05) is 36.7 Å². The number of rotatable bonds is 6. The van der Waals surface area contributed by atoms with Crippen LogP contribution >= 0.6 is 0 Å². The summed E-state index contributed by atoms with van der Waals surface area (Å²) in [5.41, 5.74) is 1.31. The summed E-state index contributed by atoms with van der Waals surface area (Å²) < 4.78 is 7.34. The first-order valence-corrected chi connectivity index (χ1v) is 9.97. The number of ether oxygens (including phenoxy) is 1. The second-order valence-corrected chi connectivity index (χ2v) is 7.86. The molecule has 2 bridgehead atoms. The summed E-state index contributed by atoms with van der Waals surface area (Å²) in [6.45, 7) is 4.72. The van der Waals surface area contributed by atoms with Crippen molar-refractivity contribution in [2.45, 2.75) is 38.4 Å². The fourth-order valence-electron chi connectivity index (χ4n) is 4.49. The maximum Gasteiger partial charge on any atom is 0.224 e. The minimum atomic E-state index is 0.310. The molecule has 1 aromatic heterocycles. The molecule has 0 aliphatic carbocycles. The Morgan fingerprint density at radius 2 is 1.85 bits per heavy atom. The average molecular weight is 367 g/mol. The Balaban J connectivity index is 1.36. The van der Waals surface area contributed by atoms with Gasteiger partial charge in [0.25, 0.3) is 0 Å². The Morgan fingerprint density at radius 1 is 1.07 bits per heavy atom. The maximum absolute atomic E-state index is 12.9. The second-order valence-electron chi connectivity index (χ2n) is 7.86. The monoisotopic (exact) mass is 367 g/mol. The average Bonchev–Trinajstić information content (AvgIpc) is 3.07. The van der Waals surface area contributed by atoms with Gasteiger partial charge in [-0.15, -0.1) is 0 Å². The summed E-state index contributed by atoms with van der Waals surface area (Å²) in [5.74, 6) is 1.80. The lowest BCUT2D eigenvalue weighted by Crippen LogP contribution is -2.47. The summed E-state index contributed by atoms with van der Waals surface area (Å²) in [6, 6.07) is 12.7. The van der Waals surface area contributed by atoms with E-state index in [0.717, 1.165) is 44.9 Å². The van der Waals surface area contributed by atoms with E-state index in [9.17, 15) is 4.79 Å². The summed E-state index contributed by atoms with van der Waals surface area (Å²) in [5, 5.41) is 0. The van der Waals surface area contributed by atoms with Gasteiger partial charge in [-0.3, -0.25) is 9.69 Å². The molecule has 5 heteroatoms. The highest BCUT2D eigenvalue weighted by atomic mass is 16.5. The molecule has 3 fully saturated rings. The zero-order valence-corrected chi connectivity index (χ0v) is 16.1. The van der Waals surface area contributed by atoms with Crippen molar-refractivity contribution in [3.63, 3.8) is 0 Å². The Bertz CT molecular complexity index is 741. The third-order valence-corrected chi connectivity index (χ3v) is 5.92. The lowest BCUT2D eigenvalue weighted by molar-refractivity contribution is -0.135. The summed E-state index contributed by atoms with van der Waals surface area (Å²) in [4.78, 5) is 17.6. The van der Waals surface area contributed by atoms with Crippen molar-refractivity contribution < 1.29 is 9.53 Å². The van der Waals surface area contributed by atoms with Crippen LogP contribution < -0.4 is 4.74 Å². The summed E-state index contributed by atoms with van der Waals surface area (Å²) in [7, 11) is 1.70. The minimum Gasteiger partial charge on any atom is -0.497 e. The number of fused-ring (bicyclic) bond motifs is 4. The molecule has 2 atom stereocenters. The molecule has 3 saturated heterocycles. The molecule has 5 nitrogen and oxygen atoms in total. The van der Waals surface area contributed by atoms with E-state index in [2.05, 4.69) is 26.5 Å². The maximum atomic E-state index is 12.9. The third kappa shape index (κ3) is 4.35. The van der Waals surface area contributed by atoms with Gasteiger partial charge in [0.15, 0.2) is 0 Å². The van der Waals surface area contributed by atoms with E-state index in [1.54, 1.807) is 7.11 Å². The number of amides is 1. The third-order valence-electron chi connectivity index (χ3n) is 5.92. The SMILES string of the molecule is COc1ccc(CN2C[C@@H]3CC[C@H](C2)N(C(=O)CCn2cccc2)C3)cc1. The van der Waals surface area contributed by atoms with Crippen LogP contribution in [0.2, 0.25) is 0 Å². The van der Waals surface area contributed by atoms with Crippen LogP contribution in [0.5, 0.6) is 5.75 Å². The number of methoxy groups -OCH3 is 1. The lowest BCUT2D eigenvalue weighted by Gasteiger charge is -2.36. The van der Waals surface area contributed by atoms with Crippen molar-refractivity contribution in [1.29, 1.82) is 0 Å². The molecule has 5 rings (SSSR count). The van der Waals surface area contributed by atoms with Gasteiger partial charge in [-0.25, -0.2) is 0 Å². The normalized spacial score (nSPS) is 22.6. The number of nitrogens with zero attached hydrogens (tertiary/aromatic N) is 3. The highest BCUT2D eigenvalue weighted by Crippen LogP contribution is 2.29. The largest absolute Gasteiger partial charge is 0.497 e. The Labute approximate surface area is 161 Å². The van der Waals surface area contributed by atoms with Crippen LogP contribution in [0, 0.1) is 5.92 Å². The molecule has 1 aromatic carbocycles. The van der Waals surface area contributed by atoms with E-state index in [-0.39, 0.29) is 0 Å². The predicted octanol–water partition coefficient (Wildman–Crippen LogP) is 3.01. The van der Waals surface area contributed by atoms with Crippen molar-refractivity contribution in [3.8, 4) is 5.75 Å². The van der Waals surface area contributed by atoms with Crippen molar-refractivity contribution >= 4 is 5.91 Å². The lowest BCUT2D eigenvalue weighted by atomic mass is 9.94. The Morgan fingerprint density at radius 3 is 2.59 bits per heavy atom. The molecule has 4 heterocycles. The van der Waals surface area contributed by atoms with Gasteiger partial charge in [-0.05, 0) is 48.6 Å². The van der Waals surface area contributed by atoms with Gasteiger partial charge in [-0.1, -0.05) is 12.1 Å². The fourth-order valence-corrected chi connectivity index (χ4v) is 4.49. The quantitative estimate of drug-likeness (QED) is 0.788. The predicted molar refractivity (Wildman–Crippen MR) is 106 cm³/mol. The molecule has 0 N–H and O–H groups in total. The van der Waals surface area contributed by atoms with Gasteiger partial charge in [0, 0.05) is 57.6 Å². The molecular formula is C22H29N3O2. The molecule has 0 saturated carbocycles. The molecule has 1 amide bonds. The van der Waals surface area contributed by atoms with E-state index >= 15 is 0 Å². The number of carbonyl (C=O) groups excluding carboxylic acids is 1. The molecule has 0 radical (unpaired) electrons. The molecule has 3 aliphatic heterocycles. The number of benzene rings is 1. The summed E-state index contributed by atoms with van der Waals surface area (Å²) >= 11 is 0. The molecule has 0 spiro atoms. The van der Waals surface area contributed by atoms with Crippen LogP contribution in [0.1, 0.15) is 24.8 Å². The Hall–Kier alpha value is -2.27. The van der Waals surface area contributed by atoms with Crippen LogP contribution in [0.15, 0.2) is 48.8 Å². The molecular weight excluding hydrogens is 338 g/mol. The van der Waals surface area contributed by atoms with Crippen LogP contribution in [-0.4, -0.2) is 53.1 Å². The van der Waals surface area contributed by atoms with Crippen LogP contribution in [0.25, 0.3) is 0 Å². The smallest absolute Gasteiger partial charge is 0.224 e. The molecule has 0 unspecified atom stereocenters. The van der Waals surface area contributed by atoms with Crippen molar-refractivity contribution in [2.75, 3.05) is 26.7 Å². The van der Waals surface area contributed by atoms with E-state index in [1.165, 1.54) is 12.0 Å². The van der Waals surface area contributed by atoms with E-state index in [4.69, 9.17) is 4.74 Å². The highest BCUT2D eigenvalue weighted by molar-refractivity contribution is 5.76. The van der Waals surface area contributed by atoms with Crippen LogP contribution in [0.3, 0.4) is 0 Å². The number of aryl methyl sites for hydroxylation is 1. The highest BCUT2D eigenvalue weighted by Gasteiger charge is 2.36. The summed E-state index contributed by atoms with van der Waals surface area (Å²) in [6.07, 6.45) is 7.03. The zero-order valence-electron chi connectivity index (χ0n) is 16.1. The molecule has 144 valence electrons. The van der Waals surface area contributed by atoms with Crippen molar-refractivity contribution in [3.05, 3.63) is 54.4 Å². The number of hydrogen-bond donors (Lipinski definition) is 0. The fraction of sp³-hybridized carbons (Fsp3) is 0.500. The first-order valence-electron chi connectivity index (χ1n) is 9.97. The van der Waals surface area contributed by atoms with Crippen molar-refractivity contribution in [2.24, 2.45) is 5.92 Å². The molecule has 27 heavy (non-hydrogen) atoms. The number of hydrogen-bond acceptors (Lipinski definition) is 3.